The Morgan fingerprint density at radius 3 is 2.82 bits per heavy atom. The van der Waals surface area contributed by atoms with Gasteiger partial charge in [-0.25, -0.2) is 0 Å². The van der Waals surface area contributed by atoms with Gasteiger partial charge in [-0.15, -0.1) is 0 Å². The first-order valence-electron chi connectivity index (χ1n) is 6.58. The van der Waals surface area contributed by atoms with Gasteiger partial charge < -0.3 is 0 Å². The molecule has 2 nitrogen and oxygen atoms in total. The van der Waals surface area contributed by atoms with E-state index in [0.717, 1.165) is 25.9 Å². The van der Waals surface area contributed by atoms with E-state index in [4.69, 9.17) is 0 Å². The van der Waals surface area contributed by atoms with Crippen molar-refractivity contribution in [3.8, 4) is 0 Å². The second-order valence-corrected chi connectivity index (χ2v) is 4.92. The number of carbonyl (C=O) groups is 1. The summed E-state index contributed by atoms with van der Waals surface area (Å²) in [4.78, 5) is 13.9. The highest BCUT2D eigenvalue weighted by molar-refractivity contribution is 5.80. The normalized spacial score (nSPS) is 20.6. The lowest BCUT2D eigenvalue weighted by Crippen LogP contribution is -2.27. The Kier molecular flexibility index (Phi) is 4.32. The molecule has 1 aromatic rings. The molecule has 1 saturated heterocycles. The fourth-order valence-electron chi connectivity index (χ4n) is 2.58. The number of carbonyl (C=O) groups excluding carboxylic acids is 1. The zero-order valence-corrected chi connectivity index (χ0v) is 10.6. The van der Waals surface area contributed by atoms with Gasteiger partial charge in [-0.3, -0.25) is 9.69 Å². The van der Waals surface area contributed by atoms with Crippen molar-refractivity contribution in [2.24, 2.45) is 0 Å². The van der Waals surface area contributed by atoms with Crippen molar-refractivity contribution in [2.45, 2.75) is 32.1 Å². The Balaban J connectivity index is 1.86. The lowest BCUT2D eigenvalue weighted by Gasteiger charge is -2.15. The average Bonchev–Trinajstić information content (AvgIpc) is 2.79. The van der Waals surface area contributed by atoms with Crippen LogP contribution in [0.1, 0.15) is 37.7 Å². The molecule has 0 aliphatic carbocycles. The first-order valence-corrected chi connectivity index (χ1v) is 6.58. The van der Waals surface area contributed by atoms with Crippen molar-refractivity contribution in [1.82, 2.24) is 4.90 Å². The zero-order valence-electron chi connectivity index (χ0n) is 10.6. The third kappa shape index (κ3) is 3.40. The molecule has 0 aromatic heterocycles. The molecule has 1 fully saturated rings. The number of rotatable bonds is 5. The van der Waals surface area contributed by atoms with Gasteiger partial charge in [0.05, 0.1) is 6.54 Å². The van der Waals surface area contributed by atoms with Crippen molar-refractivity contribution in [3.63, 3.8) is 0 Å². The maximum Gasteiger partial charge on any atom is 0.146 e. The van der Waals surface area contributed by atoms with Crippen LogP contribution in [-0.4, -0.2) is 30.3 Å². The van der Waals surface area contributed by atoms with Gasteiger partial charge in [-0.2, -0.15) is 0 Å². The first-order chi connectivity index (χ1) is 8.29. The number of likely N-dealkylation sites (tertiary alicyclic amines) is 1. The van der Waals surface area contributed by atoms with E-state index in [1.165, 1.54) is 12.0 Å². The molecule has 0 N–H and O–H groups in total. The van der Waals surface area contributed by atoms with Gasteiger partial charge in [0.1, 0.15) is 5.78 Å². The number of Topliss-reactive ketones (excluding diaryl/α,β-unsaturated/α-hetero) is 1. The summed E-state index contributed by atoms with van der Waals surface area (Å²) in [5.74, 6) is 1.01. The molecule has 1 aliphatic heterocycles. The van der Waals surface area contributed by atoms with Gasteiger partial charge in [0.25, 0.3) is 0 Å². The van der Waals surface area contributed by atoms with E-state index in [-0.39, 0.29) is 0 Å². The Morgan fingerprint density at radius 2 is 2.12 bits per heavy atom. The van der Waals surface area contributed by atoms with Crippen molar-refractivity contribution in [3.05, 3.63) is 35.9 Å². The van der Waals surface area contributed by atoms with Crippen LogP contribution in [0.3, 0.4) is 0 Å². The zero-order chi connectivity index (χ0) is 12.1. The van der Waals surface area contributed by atoms with Crippen LogP contribution in [-0.2, 0) is 4.79 Å². The minimum atomic E-state index is 0.390. The molecule has 0 amide bonds. The summed E-state index contributed by atoms with van der Waals surface area (Å²) in [6.45, 7) is 4.82. The summed E-state index contributed by atoms with van der Waals surface area (Å²) in [7, 11) is 0. The first kappa shape index (κ1) is 12.3. The summed E-state index contributed by atoms with van der Waals surface area (Å²) in [6.07, 6.45) is 2.88. The third-order valence-corrected chi connectivity index (χ3v) is 3.47. The molecule has 1 atom stereocenters. The summed E-state index contributed by atoms with van der Waals surface area (Å²) < 4.78 is 0. The minimum Gasteiger partial charge on any atom is -0.298 e. The predicted octanol–water partition coefficient (Wildman–Crippen LogP) is 2.85. The second-order valence-electron chi connectivity index (χ2n) is 4.92. The van der Waals surface area contributed by atoms with Crippen LogP contribution in [0.15, 0.2) is 30.3 Å². The highest BCUT2D eigenvalue weighted by Gasteiger charge is 2.24. The fourth-order valence-corrected chi connectivity index (χ4v) is 2.58. The Bertz CT molecular complexity index is 360. The fraction of sp³-hybridized carbons (Fsp3) is 0.533. The Hall–Kier alpha value is -1.15. The van der Waals surface area contributed by atoms with Crippen LogP contribution >= 0.6 is 0 Å². The minimum absolute atomic E-state index is 0.390. The molecule has 1 aromatic carbocycles. The second kappa shape index (κ2) is 5.97. The Labute approximate surface area is 104 Å². The van der Waals surface area contributed by atoms with Gasteiger partial charge in [0, 0.05) is 13.0 Å². The van der Waals surface area contributed by atoms with Crippen molar-refractivity contribution >= 4 is 5.78 Å². The number of nitrogens with zero attached hydrogens (tertiary/aromatic N) is 1. The molecular weight excluding hydrogens is 210 g/mol. The Morgan fingerprint density at radius 1 is 1.35 bits per heavy atom. The van der Waals surface area contributed by atoms with Gasteiger partial charge >= 0.3 is 0 Å². The topological polar surface area (TPSA) is 20.3 Å². The summed E-state index contributed by atoms with van der Waals surface area (Å²) in [5.41, 5.74) is 1.41. The van der Waals surface area contributed by atoms with Crippen molar-refractivity contribution in [1.29, 1.82) is 0 Å². The molecule has 1 heterocycles. The number of benzene rings is 1. The quantitative estimate of drug-likeness (QED) is 0.776. The van der Waals surface area contributed by atoms with Gasteiger partial charge in [0.2, 0.25) is 0 Å². The number of hydrogen-bond donors (Lipinski definition) is 0. The van der Waals surface area contributed by atoms with E-state index in [0.29, 0.717) is 18.2 Å². The smallest absolute Gasteiger partial charge is 0.146 e. The molecule has 0 radical (unpaired) electrons. The molecule has 2 heteroatoms. The lowest BCUT2D eigenvalue weighted by atomic mass is 9.99. The van der Waals surface area contributed by atoms with E-state index in [9.17, 15) is 4.79 Å². The van der Waals surface area contributed by atoms with Crippen LogP contribution in [0.5, 0.6) is 0 Å². The number of hydrogen-bond acceptors (Lipinski definition) is 2. The highest BCUT2D eigenvalue weighted by Crippen LogP contribution is 2.26. The summed E-state index contributed by atoms with van der Waals surface area (Å²) in [5, 5.41) is 0. The van der Waals surface area contributed by atoms with Gasteiger partial charge in [-0.1, -0.05) is 37.3 Å². The summed E-state index contributed by atoms with van der Waals surface area (Å²) >= 11 is 0. The van der Waals surface area contributed by atoms with E-state index >= 15 is 0 Å². The standard InChI is InChI=1S/C15H21NO/c1-2-6-15(17)12-16-10-9-14(11-16)13-7-4-3-5-8-13/h3-5,7-8,14H,2,6,9-12H2,1H3. The van der Waals surface area contributed by atoms with Crippen LogP contribution in [0.4, 0.5) is 0 Å². The maximum absolute atomic E-state index is 11.6. The SMILES string of the molecule is CCCC(=O)CN1CCC(c2ccccc2)C1. The third-order valence-electron chi connectivity index (χ3n) is 3.47. The monoisotopic (exact) mass is 231 g/mol. The van der Waals surface area contributed by atoms with E-state index in [1.807, 2.05) is 0 Å². The molecule has 92 valence electrons. The number of ketones is 1. The summed E-state index contributed by atoms with van der Waals surface area (Å²) in [6, 6.07) is 10.6. The van der Waals surface area contributed by atoms with E-state index < -0.39 is 0 Å². The molecule has 2 rings (SSSR count). The molecular formula is C15H21NO. The molecule has 1 unspecified atom stereocenters. The van der Waals surface area contributed by atoms with E-state index in [2.05, 4.69) is 42.2 Å². The van der Waals surface area contributed by atoms with E-state index in [1.54, 1.807) is 0 Å². The molecule has 0 saturated carbocycles. The largest absolute Gasteiger partial charge is 0.298 e. The van der Waals surface area contributed by atoms with Gasteiger partial charge in [0.15, 0.2) is 0 Å². The molecule has 0 bridgehead atoms. The van der Waals surface area contributed by atoms with Crippen LogP contribution in [0.2, 0.25) is 0 Å². The molecule has 0 spiro atoms. The average molecular weight is 231 g/mol. The van der Waals surface area contributed by atoms with Gasteiger partial charge in [-0.05, 0) is 30.9 Å². The van der Waals surface area contributed by atoms with Crippen LogP contribution < -0.4 is 0 Å². The maximum atomic E-state index is 11.6. The molecule has 17 heavy (non-hydrogen) atoms. The molecule has 1 aliphatic rings. The van der Waals surface area contributed by atoms with Crippen LogP contribution in [0, 0.1) is 0 Å². The van der Waals surface area contributed by atoms with Crippen molar-refractivity contribution in [2.75, 3.05) is 19.6 Å². The van der Waals surface area contributed by atoms with Crippen LogP contribution in [0.25, 0.3) is 0 Å². The van der Waals surface area contributed by atoms with Crippen molar-refractivity contribution < 1.29 is 4.79 Å². The lowest BCUT2D eigenvalue weighted by molar-refractivity contribution is -0.120. The highest BCUT2D eigenvalue weighted by atomic mass is 16.1. The predicted molar refractivity (Wildman–Crippen MR) is 70.2 cm³/mol.